The van der Waals surface area contributed by atoms with E-state index in [2.05, 4.69) is 6.92 Å². The Bertz CT molecular complexity index is 189. The van der Waals surface area contributed by atoms with E-state index in [0.29, 0.717) is 6.61 Å². The van der Waals surface area contributed by atoms with E-state index < -0.39 is 31.0 Å². The molecule has 6 nitrogen and oxygen atoms in total. The van der Waals surface area contributed by atoms with E-state index in [1.807, 2.05) is 0 Å². The molecule has 110 valence electrons. The highest BCUT2D eigenvalue weighted by Crippen LogP contribution is 2.06. The van der Waals surface area contributed by atoms with Crippen LogP contribution in [0.5, 0.6) is 0 Å². The first-order chi connectivity index (χ1) is 8.54. The zero-order valence-corrected chi connectivity index (χ0v) is 10.9. The number of unbranched alkanes of at least 4 members (excludes halogenated alkanes) is 3. The smallest absolute Gasteiger partial charge is 0.111 e. The second-order valence-corrected chi connectivity index (χ2v) is 4.43. The first-order valence-electron chi connectivity index (χ1n) is 6.45. The highest BCUT2D eigenvalue weighted by atomic mass is 16.5. The molecule has 0 aliphatic rings. The van der Waals surface area contributed by atoms with Gasteiger partial charge in [-0.3, -0.25) is 0 Å². The van der Waals surface area contributed by atoms with Crippen molar-refractivity contribution >= 4 is 0 Å². The van der Waals surface area contributed by atoms with Crippen molar-refractivity contribution in [1.29, 1.82) is 0 Å². The Morgan fingerprint density at radius 1 is 0.889 bits per heavy atom. The zero-order chi connectivity index (χ0) is 14.0. The number of aliphatic hydroxyl groups excluding tert-OH is 5. The third-order valence-electron chi connectivity index (χ3n) is 2.76. The maximum absolute atomic E-state index is 9.51. The van der Waals surface area contributed by atoms with Crippen LogP contribution < -0.4 is 0 Å². The van der Waals surface area contributed by atoms with Crippen molar-refractivity contribution in [2.45, 2.75) is 57.0 Å². The lowest BCUT2D eigenvalue weighted by atomic mass is 10.0. The molecule has 18 heavy (non-hydrogen) atoms. The van der Waals surface area contributed by atoms with Crippen molar-refractivity contribution in [3.05, 3.63) is 0 Å². The van der Waals surface area contributed by atoms with E-state index in [0.717, 1.165) is 25.7 Å². The molecule has 0 saturated carbocycles. The summed E-state index contributed by atoms with van der Waals surface area (Å²) in [6.45, 7) is 1.81. The fourth-order valence-electron chi connectivity index (χ4n) is 1.50. The summed E-state index contributed by atoms with van der Waals surface area (Å²) in [5.74, 6) is 0. The maximum Gasteiger partial charge on any atom is 0.111 e. The standard InChI is InChI=1S/C12H26O6/c1-2-3-4-5-6-18-8-10(15)12(17)11(16)9(14)7-13/h9-17H,2-8H2,1H3/t9-,10+,11+,12-/m0/s1. The van der Waals surface area contributed by atoms with Gasteiger partial charge in [-0.2, -0.15) is 0 Å². The second-order valence-electron chi connectivity index (χ2n) is 4.43. The molecule has 0 fully saturated rings. The van der Waals surface area contributed by atoms with Gasteiger partial charge in [0, 0.05) is 6.61 Å². The minimum atomic E-state index is -1.59. The quantitative estimate of drug-likeness (QED) is 0.307. The van der Waals surface area contributed by atoms with Crippen LogP contribution in [0.3, 0.4) is 0 Å². The lowest BCUT2D eigenvalue weighted by Gasteiger charge is -2.25. The molecule has 0 spiro atoms. The zero-order valence-electron chi connectivity index (χ0n) is 10.9. The van der Waals surface area contributed by atoms with Gasteiger partial charge in [-0.15, -0.1) is 0 Å². The Kier molecular flexibility index (Phi) is 10.5. The average Bonchev–Trinajstić information content (AvgIpc) is 2.39. The van der Waals surface area contributed by atoms with E-state index in [1.165, 1.54) is 0 Å². The molecule has 0 radical (unpaired) electrons. The van der Waals surface area contributed by atoms with Crippen LogP contribution in [0.25, 0.3) is 0 Å². The lowest BCUT2D eigenvalue weighted by Crippen LogP contribution is -2.47. The minimum Gasteiger partial charge on any atom is -0.394 e. The van der Waals surface area contributed by atoms with Gasteiger partial charge >= 0.3 is 0 Å². The van der Waals surface area contributed by atoms with Gasteiger partial charge in [-0.1, -0.05) is 26.2 Å². The first kappa shape index (κ1) is 17.8. The Morgan fingerprint density at radius 3 is 2.06 bits per heavy atom. The molecule has 6 heteroatoms. The number of hydrogen-bond acceptors (Lipinski definition) is 6. The van der Waals surface area contributed by atoms with Gasteiger partial charge < -0.3 is 30.3 Å². The average molecular weight is 266 g/mol. The van der Waals surface area contributed by atoms with Crippen LogP contribution in [0.2, 0.25) is 0 Å². The molecular weight excluding hydrogens is 240 g/mol. The molecule has 0 aliphatic carbocycles. The summed E-state index contributed by atoms with van der Waals surface area (Å²) in [5, 5.41) is 46.0. The summed E-state index contributed by atoms with van der Waals surface area (Å²) in [6.07, 6.45) is -1.68. The van der Waals surface area contributed by atoms with Gasteiger partial charge in [0.15, 0.2) is 0 Å². The molecule has 0 aromatic rings. The van der Waals surface area contributed by atoms with Crippen LogP contribution in [-0.4, -0.2) is 69.8 Å². The normalized spacial score (nSPS) is 18.3. The van der Waals surface area contributed by atoms with Gasteiger partial charge in [0.2, 0.25) is 0 Å². The molecule has 5 N–H and O–H groups in total. The highest BCUT2D eigenvalue weighted by Gasteiger charge is 2.29. The molecule has 0 unspecified atom stereocenters. The number of hydrogen-bond donors (Lipinski definition) is 5. The van der Waals surface area contributed by atoms with Crippen molar-refractivity contribution in [2.24, 2.45) is 0 Å². The van der Waals surface area contributed by atoms with E-state index >= 15 is 0 Å². The predicted octanol–water partition coefficient (Wildman–Crippen LogP) is -0.981. The summed E-state index contributed by atoms with van der Waals surface area (Å²) in [4.78, 5) is 0. The van der Waals surface area contributed by atoms with Crippen LogP contribution in [0, 0.1) is 0 Å². The van der Waals surface area contributed by atoms with Crippen molar-refractivity contribution in [2.75, 3.05) is 19.8 Å². The van der Waals surface area contributed by atoms with Gasteiger partial charge in [0.25, 0.3) is 0 Å². The summed E-state index contributed by atoms with van der Waals surface area (Å²) < 4.78 is 5.16. The Labute approximate surface area is 108 Å². The minimum absolute atomic E-state index is 0.109. The van der Waals surface area contributed by atoms with Crippen molar-refractivity contribution in [1.82, 2.24) is 0 Å². The topological polar surface area (TPSA) is 110 Å². The van der Waals surface area contributed by atoms with Crippen LogP contribution in [0.15, 0.2) is 0 Å². The van der Waals surface area contributed by atoms with Crippen molar-refractivity contribution in [3.63, 3.8) is 0 Å². The largest absolute Gasteiger partial charge is 0.394 e. The molecule has 0 amide bonds. The SMILES string of the molecule is CCCCCCOC[C@@H](O)[C@H](O)[C@H](O)[C@@H](O)CO. The van der Waals surface area contributed by atoms with Crippen molar-refractivity contribution < 1.29 is 30.3 Å². The van der Waals surface area contributed by atoms with Gasteiger partial charge in [0.1, 0.15) is 24.4 Å². The van der Waals surface area contributed by atoms with E-state index in [-0.39, 0.29) is 6.61 Å². The fourth-order valence-corrected chi connectivity index (χ4v) is 1.50. The molecule has 0 saturated heterocycles. The van der Waals surface area contributed by atoms with Gasteiger partial charge in [0.05, 0.1) is 13.2 Å². The van der Waals surface area contributed by atoms with E-state index in [1.54, 1.807) is 0 Å². The van der Waals surface area contributed by atoms with E-state index in [4.69, 9.17) is 14.9 Å². The van der Waals surface area contributed by atoms with Crippen LogP contribution in [0.4, 0.5) is 0 Å². The van der Waals surface area contributed by atoms with Crippen molar-refractivity contribution in [3.8, 4) is 0 Å². The molecule has 0 bridgehead atoms. The third kappa shape index (κ3) is 7.25. The molecule has 0 aromatic heterocycles. The molecule has 0 rings (SSSR count). The van der Waals surface area contributed by atoms with Gasteiger partial charge in [-0.05, 0) is 6.42 Å². The lowest BCUT2D eigenvalue weighted by molar-refractivity contribution is -0.129. The summed E-state index contributed by atoms with van der Waals surface area (Å²) >= 11 is 0. The van der Waals surface area contributed by atoms with Gasteiger partial charge in [-0.25, -0.2) is 0 Å². The molecular formula is C12H26O6. The number of aliphatic hydroxyl groups is 5. The summed E-state index contributed by atoms with van der Waals surface area (Å²) in [5.41, 5.74) is 0. The Morgan fingerprint density at radius 2 is 1.50 bits per heavy atom. The summed E-state index contributed by atoms with van der Waals surface area (Å²) in [6, 6.07) is 0. The maximum atomic E-state index is 9.51. The van der Waals surface area contributed by atoms with Crippen LogP contribution >= 0.6 is 0 Å². The van der Waals surface area contributed by atoms with Crippen LogP contribution in [0.1, 0.15) is 32.6 Å². The molecule has 0 aliphatic heterocycles. The Hall–Kier alpha value is -0.240. The van der Waals surface area contributed by atoms with E-state index in [9.17, 15) is 15.3 Å². The second kappa shape index (κ2) is 10.7. The monoisotopic (exact) mass is 266 g/mol. The first-order valence-corrected chi connectivity index (χ1v) is 6.45. The Balaban J connectivity index is 3.70. The molecule has 4 atom stereocenters. The molecule has 0 heterocycles. The molecule has 0 aromatic carbocycles. The van der Waals surface area contributed by atoms with Crippen LogP contribution in [-0.2, 0) is 4.74 Å². The fraction of sp³-hybridized carbons (Fsp3) is 1.00. The third-order valence-corrected chi connectivity index (χ3v) is 2.76. The highest BCUT2D eigenvalue weighted by molar-refractivity contribution is 4.80. The predicted molar refractivity (Wildman–Crippen MR) is 66.1 cm³/mol. The summed E-state index contributed by atoms with van der Waals surface area (Å²) in [7, 11) is 0. The number of ether oxygens (including phenoxy) is 1. The number of rotatable bonds is 11.